The second-order valence-corrected chi connectivity index (χ2v) is 11.9. The van der Waals surface area contributed by atoms with Crippen molar-refractivity contribution in [3.63, 3.8) is 0 Å². The van der Waals surface area contributed by atoms with Crippen LogP contribution in [-0.2, 0) is 11.3 Å². The van der Waals surface area contributed by atoms with E-state index in [9.17, 15) is 14.7 Å². The van der Waals surface area contributed by atoms with Gasteiger partial charge in [0, 0.05) is 43.9 Å². The first-order valence-corrected chi connectivity index (χ1v) is 15.2. The number of amides is 3. The SMILES string of the molecule is CC(C)NC(=O)Nc1ccc2c(c1)C(=O)N([C@@H](C)CO)C[C@H](C)[C@@H](CN(C)Cc1ccccc1)OCCCC[C@@H](C)O2. The zero-order valence-electron chi connectivity index (χ0n) is 26.1. The maximum absolute atomic E-state index is 14.2. The van der Waals surface area contributed by atoms with Crippen LogP contribution < -0.4 is 15.4 Å². The highest BCUT2D eigenvalue weighted by Crippen LogP contribution is 2.28. The number of fused-ring (bicyclic) bond motifs is 1. The van der Waals surface area contributed by atoms with E-state index in [0.717, 1.165) is 25.8 Å². The monoisotopic (exact) mass is 582 g/mol. The minimum absolute atomic E-state index is 0.00877. The van der Waals surface area contributed by atoms with Gasteiger partial charge in [-0.15, -0.1) is 0 Å². The fraction of sp³-hybridized carbons (Fsp3) is 0.576. The number of anilines is 1. The number of nitrogens with zero attached hydrogens (tertiary/aromatic N) is 2. The molecule has 42 heavy (non-hydrogen) atoms. The van der Waals surface area contributed by atoms with Crippen LogP contribution in [0.4, 0.5) is 10.5 Å². The molecule has 0 fully saturated rings. The maximum Gasteiger partial charge on any atom is 0.319 e. The quantitative estimate of drug-likeness (QED) is 0.398. The van der Waals surface area contributed by atoms with Crippen molar-refractivity contribution < 1.29 is 24.2 Å². The van der Waals surface area contributed by atoms with E-state index in [0.29, 0.717) is 36.7 Å². The van der Waals surface area contributed by atoms with Gasteiger partial charge in [0.05, 0.1) is 30.4 Å². The lowest BCUT2D eigenvalue weighted by molar-refractivity contribution is -0.0177. The third-order valence-electron chi connectivity index (χ3n) is 7.52. The van der Waals surface area contributed by atoms with E-state index in [4.69, 9.17) is 9.47 Å². The first kappa shape index (κ1) is 33.4. The Morgan fingerprint density at radius 3 is 2.55 bits per heavy atom. The molecule has 2 aromatic rings. The number of aliphatic hydroxyl groups is 1. The number of benzene rings is 2. The van der Waals surface area contributed by atoms with Gasteiger partial charge in [-0.3, -0.25) is 9.69 Å². The fourth-order valence-electron chi connectivity index (χ4n) is 5.16. The number of hydrogen-bond acceptors (Lipinski definition) is 6. The summed E-state index contributed by atoms with van der Waals surface area (Å²) in [6.45, 7) is 12.1. The number of urea groups is 1. The molecule has 3 rings (SSSR count). The van der Waals surface area contributed by atoms with E-state index in [1.807, 2.05) is 45.9 Å². The number of ether oxygens (including phenoxy) is 2. The Kier molecular flexibility index (Phi) is 13.1. The Morgan fingerprint density at radius 1 is 1.12 bits per heavy atom. The summed E-state index contributed by atoms with van der Waals surface area (Å²) in [4.78, 5) is 30.6. The molecule has 2 aromatic carbocycles. The van der Waals surface area contributed by atoms with Crippen molar-refractivity contribution in [1.82, 2.24) is 15.1 Å². The highest BCUT2D eigenvalue weighted by Gasteiger charge is 2.30. The van der Waals surface area contributed by atoms with Crippen molar-refractivity contribution >= 4 is 17.6 Å². The Hall–Kier alpha value is -3.14. The molecule has 0 aliphatic carbocycles. The van der Waals surface area contributed by atoms with Gasteiger partial charge in [-0.05, 0) is 77.8 Å². The van der Waals surface area contributed by atoms with Crippen LogP contribution in [0, 0.1) is 5.92 Å². The highest BCUT2D eigenvalue weighted by molar-refractivity contribution is 5.99. The highest BCUT2D eigenvalue weighted by atomic mass is 16.5. The molecule has 1 aliphatic rings. The van der Waals surface area contributed by atoms with Crippen LogP contribution in [0.5, 0.6) is 5.75 Å². The van der Waals surface area contributed by atoms with E-state index in [1.54, 1.807) is 23.1 Å². The van der Waals surface area contributed by atoms with Gasteiger partial charge in [0.2, 0.25) is 0 Å². The molecule has 3 amide bonds. The second kappa shape index (κ2) is 16.5. The van der Waals surface area contributed by atoms with Gasteiger partial charge in [0.1, 0.15) is 5.75 Å². The standard InChI is InChI=1S/C33H50N4O5/c1-23(2)34-33(40)35-28-15-16-30-29(18-28)32(39)37(25(4)22-38)19-24(3)31(41-17-11-10-12-26(5)42-30)21-36(6)20-27-13-8-7-9-14-27/h7-9,13-16,18,23-26,31,38H,10-12,17,19-22H2,1-6H3,(H2,34,35,40)/t24-,25-,26+,31+/m0/s1. The first-order valence-electron chi connectivity index (χ1n) is 15.2. The van der Waals surface area contributed by atoms with Crippen molar-refractivity contribution in [2.75, 3.05) is 38.7 Å². The molecule has 1 heterocycles. The average molecular weight is 583 g/mol. The molecular formula is C33H50N4O5. The number of rotatable bonds is 8. The van der Waals surface area contributed by atoms with Crippen molar-refractivity contribution in [2.24, 2.45) is 5.92 Å². The Bertz CT molecular complexity index is 1130. The topological polar surface area (TPSA) is 103 Å². The number of likely N-dealkylation sites (N-methyl/N-ethyl adjacent to an activating group) is 1. The van der Waals surface area contributed by atoms with Crippen LogP contribution in [0.25, 0.3) is 0 Å². The molecule has 0 bridgehead atoms. The minimum Gasteiger partial charge on any atom is -0.490 e. The molecular weight excluding hydrogens is 532 g/mol. The first-order chi connectivity index (χ1) is 20.1. The molecule has 9 nitrogen and oxygen atoms in total. The lowest BCUT2D eigenvalue weighted by atomic mass is 10.0. The molecule has 1 aliphatic heterocycles. The van der Waals surface area contributed by atoms with Crippen LogP contribution in [0.15, 0.2) is 48.5 Å². The van der Waals surface area contributed by atoms with E-state index in [2.05, 4.69) is 41.6 Å². The molecule has 0 saturated heterocycles. The van der Waals surface area contributed by atoms with Crippen molar-refractivity contribution in [2.45, 2.75) is 84.7 Å². The molecule has 0 spiro atoms. The van der Waals surface area contributed by atoms with Crippen LogP contribution in [0.1, 0.15) is 69.8 Å². The van der Waals surface area contributed by atoms with Gasteiger partial charge in [0.15, 0.2) is 0 Å². The van der Waals surface area contributed by atoms with Crippen LogP contribution in [-0.4, -0.2) is 84.5 Å². The lowest BCUT2D eigenvalue weighted by Gasteiger charge is -2.36. The largest absolute Gasteiger partial charge is 0.490 e. The third-order valence-corrected chi connectivity index (χ3v) is 7.52. The van der Waals surface area contributed by atoms with Crippen molar-refractivity contribution in [3.05, 3.63) is 59.7 Å². The van der Waals surface area contributed by atoms with Gasteiger partial charge >= 0.3 is 6.03 Å². The number of carbonyl (C=O) groups is 2. The van der Waals surface area contributed by atoms with E-state index < -0.39 is 6.04 Å². The number of aliphatic hydroxyl groups excluding tert-OH is 1. The zero-order chi connectivity index (χ0) is 30.6. The summed E-state index contributed by atoms with van der Waals surface area (Å²) in [6, 6.07) is 14.7. The molecule has 232 valence electrons. The summed E-state index contributed by atoms with van der Waals surface area (Å²) < 4.78 is 12.7. The van der Waals surface area contributed by atoms with E-state index >= 15 is 0 Å². The molecule has 4 atom stereocenters. The van der Waals surface area contributed by atoms with Gasteiger partial charge < -0.3 is 30.1 Å². The zero-order valence-corrected chi connectivity index (χ0v) is 26.1. The fourth-order valence-corrected chi connectivity index (χ4v) is 5.16. The van der Waals surface area contributed by atoms with Gasteiger partial charge in [-0.2, -0.15) is 0 Å². The summed E-state index contributed by atoms with van der Waals surface area (Å²) in [5.41, 5.74) is 2.08. The van der Waals surface area contributed by atoms with Gasteiger partial charge in [0.25, 0.3) is 5.91 Å². The Labute approximate surface area is 251 Å². The molecule has 3 N–H and O–H groups in total. The van der Waals surface area contributed by atoms with Gasteiger partial charge in [-0.1, -0.05) is 37.3 Å². The lowest BCUT2D eigenvalue weighted by Crippen LogP contribution is -2.47. The number of hydrogen-bond donors (Lipinski definition) is 3. The summed E-state index contributed by atoms with van der Waals surface area (Å²) >= 11 is 0. The average Bonchev–Trinajstić information content (AvgIpc) is 2.94. The predicted molar refractivity (Wildman–Crippen MR) is 167 cm³/mol. The second-order valence-electron chi connectivity index (χ2n) is 11.9. The van der Waals surface area contributed by atoms with Crippen LogP contribution in [0.2, 0.25) is 0 Å². The van der Waals surface area contributed by atoms with Crippen molar-refractivity contribution in [3.8, 4) is 5.75 Å². The van der Waals surface area contributed by atoms with E-state index in [-0.39, 0.29) is 42.7 Å². The Balaban J connectivity index is 1.90. The smallest absolute Gasteiger partial charge is 0.319 e. The summed E-state index contributed by atoms with van der Waals surface area (Å²) in [5, 5.41) is 15.8. The molecule has 0 aromatic heterocycles. The van der Waals surface area contributed by atoms with Crippen LogP contribution in [0.3, 0.4) is 0 Å². The predicted octanol–water partition coefficient (Wildman–Crippen LogP) is 5.14. The summed E-state index contributed by atoms with van der Waals surface area (Å²) in [5.74, 6) is 0.204. The molecule has 0 radical (unpaired) electrons. The van der Waals surface area contributed by atoms with E-state index in [1.165, 1.54) is 5.56 Å². The summed E-state index contributed by atoms with van der Waals surface area (Å²) in [7, 11) is 2.09. The number of carbonyl (C=O) groups excluding carboxylic acids is 2. The minimum atomic E-state index is -0.429. The Morgan fingerprint density at radius 2 is 1.86 bits per heavy atom. The summed E-state index contributed by atoms with van der Waals surface area (Å²) in [6.07, 6.45) is 2.45. The number of nitrogens with one attached hydrogen (secondary N) is 2. The normalized spacial score (nSPS) is 21.3. The van der Waals surface area contributed by atoms with Crippen LogP contribution >= 0.6 is 0 Å². The maximum atomic E-state index is 14.2. The third kappa shape index (κ3) is 10.3. The molecule has 0 saturated carbocycles. The van der Waals surface area contributed by atoms with Gasteiger partial charge in [-0.25, -0.2) is 4.79 Å². The molecule has 0 unspecified atom stereocenters. The molecule has 9 heteroatoms. The van der Waals surface area contributed by atoms with Crippen molar-refractivity contribution in [1.29, 1.82) is 0 Å².